The number of nitrogens with zero attached hydrogens (tertiary/aromatic N) is 3. The van der Waals surface area contributed by atoms with Gasteiger partial charge in [-0.3, -0.25) is 25.7 Å². The van der Waals surface area contributed by atoms with Gasteiger partial charge < -0.3 is 0 Å². The molecule has 1 N–H and O–H groups in total. The van der Waals surface area contributed by atoms with E-state index >= 15 is 0 Å². The molecule has 8 heteroatoms. The van der Waals surface area contributed by atoms with Gasteiger partial charge in [-0.15, -0.1) is 0 Å². The summed E-state index contributed by atoms with van der Waals surface area (Å²) in [4.78, 5) is 20.2. The molecule has 0 aliphatic heterocycles. The van der Waals surface area contributed by atoms with Crippen LogP contribution in [-0.4, -0.2) is 15.6 Å². The summed E-state index contributed by atoms with van der Waals surface area (Å²) in [5.74, 6) is 0. The fourth-order valence-corrected chi connectivity index (χ4v) is 1.81. The van der Waals surface area contributed by atoms with E-state index in [1.54, 1.807) is 0 Å². The van der Waals surface area contributed by atoms with E-state index in [2.05, 4.69) is 10.5 Å². The third kappa shape index (κ3) is 3.16. The number of rotatable bonds is 4. The van der Waals surface area contributed by atoms with Crippen molar-refractivity contribution in [3.8, 4) is 0 Å². The average Bonchev–Trinajstić information content (AvgIpc) is 2.45. The van der Waals surface area contributed by atoms with Crippen LogP contribution < -0.4 is 5.43 Å². The van der Waals surface area contributed by atoms with Crippen molar-refractivity contribution in [3.63, 3.8) is 0 Å². The van der Waals surface area contributed by atoms with Crippen molar-refractivity contribution in [2.24, 2.45) is 5.10 Å². The molecular weight excluding hydrogens is 264 g/mol. The molecule has 0 bridgehead atoms. The number of nitro benzene ring substituents is 2. The van der Waals surface area contributed by atoms with Crippen molar-refractivity contribution in [1.29, 1.82) is 0 Å². The van der Waals surface area contributed by atoms with Crippen molar-refractivity contribution in [3.05, 3.63) is 50.6 Å². The highest BCUT2D eigenvalue weighted by molar-refractivity contribution is 5.96. The van der Waals surface area contributed by atoms with Crippen molar-refractivity contribution in [2.45, 2.75) is 19.3 Å². The first kappa shape index (κ1) is 13.7. The summed E-state index contributed by atoms with van der Waals surface area (Å²) >= 11 is 0. The molecule has 1 aromatic rings. The van der Waals surface area contributed by atoms with Crippen LogP contribution >= 0.6 is 0 Å². The maximum atomic E-state index is 10.9. The zero-order valence-electron chi connectivity index (χ0n) is 10.5. The second kappa shape index (κ2) is 5.91. The maximum Gasteiger partial charge on any atom is 0.301 e. The molecule has 0 atom stereocenters. The number of benzene rings is 1. The lowest BCUT2D eigenvalue weighted by Gasteiger charge is -2.07. The van der Waals surface area contributed by atoms with Crippen LogP contribution in [0.15, 0.2) is 35.5 Å². The molecule has 0 amide bonds. The Bertz CT molecular complexity index is 609. The number of hydrazone groups is 1. The van der Waals surface area contributed by atoms with E-state index < -0.39 is 9.85 Å². The lowest BCUT2D eigenvalue weighted by Crippen LogP contribution is -2.04. The predicted molar refractivity (Wildman–Crippen MR) is 73.8 cm³/mol. The van der Waals surface area contributed by atoms with Crippen LogP contribution in [0.2, 0.25) is 0 Å². The van der Waals surface area contributed by atoms with E-state index in [4.69, 9.17) is 0 Å². The van der Waals surface area contributed by atoms with E-state index in [0.717, 1.165) is 31.0 Å². The van der Waals surface area contributed by atoms with E-state index in [9.17, 15) is 20.2 Å². The minimum Gasteiger partial charge on any atom is -0.271 e. The predicted octanol–water partition coefficient (Wildman–Crippen LogP) is 3.01. The Hall–Kier alpha value is -2.77. The summed E-state index contributed by atoms with van der Waals surface area (Å²) in [6, 6.07) is 3.40. The summed E-state index contributed by atoms with van der Waals surface area (Å²) in [6.45, 7) is 0. The number of non-ortho nitro benzene ring substituents is 1. The molecule has 1 aliphatic rings. The molecule has 0 saturated heterocycles. The van der Waals surface area contributed by atoms with Crippen LogP contribution in [0.25, 0.3) is 0 Å². The Morgan fingerprint density at radius 3 is 2.60 bits per heavy atom. The van der Waals surface area contributed by atoms with Gasteiger partial charge >= 0.3 is 5.69 Å². The highest BCUT2D eigenvalue weighted by atomic mass is 16.6. The summed E-state index contributed by atoms with van der Waals surface area (Å²) in [5, 5.41) is 25.6. The number of anilines is 1. The maximum absolute atomic E-state index is 10.9. The molecule has 0 spiro atoms. The molecule has 0 saturated carbocycles. The second-order valence-corrected chi connectivity index (χ2v) is 4.23. The zero-order chi connectivity index (χ0) is 14.5. The molecule has 0 aromatic heterocycles. The minimum atomic E-state index is -0.674. The smallest absolute Gasteiger partial charge is 0.271 e. The van der Waals surface area contributed by atoms with Gasteiger partial charge in [-0.05, 0) is 31.4 Å². The van der Waals surface area contributed by atoms with Crippen molar-refractivity contribution in [1.82, 2.24) is 0 Å². The van der Waals surface area contributed by atoms with Crippen LogP contribution in [0.4, 0.5) is 17.1 Å². The van der Waals surface area contributed by atoms with Gasteiger partial charge in [0, 0.05) is 6.07 Å². The van der Waals surface area contributed by atoms with Gasteiger partial charge in [0.05, 0.1) is 21.6 Å². The highest BCUT2D eigenvalue weighted by Crippen LogP contribution is 2.29. The quantitative estimate of drug-likeness (QED) is 0.671. The fourth-order valence-electron chi connectivity index (χ4n) is 1.81. The first-order valence-corrected chi connectivity index (χ1v) is 6.00. The molecule has 2 rings (SSSR count). The van der Waals surface area contributed by atoms with Gasteiger partial charge in [0.15, 0.2) is 0 Å². The van der Waals surface area contributed by atoms with Gasteiger partial charge in [0.1, 0.15) is 5.69 Å². The Morgan fingerprint density at radius 1 is 1.20 bits per heavy atom. The summed E-state index contributed by atoms with van der Waals surface area (Å²) in [5.41, 5.74) is 2.83. The van der Waals surface area contributed by atoms with E-state index in [0.29, 0.717) is 0 Å². The Balaban J connectivity index is 2.26. The molecule has 20 heavy (non-hydrogen) atoms. The molecule has 104 valence electrons. The zero-order valence-corrected chi connectivity index (χ0v) is 10.5. The number of hydrogen-bond donors (Lipinski definition) is 1. The highest BCUT2D eigenvalue weighted by Gasteiger charge is 2.19. The largest absolute Gasteiger partial charge is 0.301 e. The third-order valence-electron chi connectivity index (χ3n) is 2.82. The molecular formula is C12H12N4O4. The Morgan fingerprint density at radius 2 is 2.00 bits per heavy atom. The van der Waals surface area contributed by atoms with Crippen LogP contribution in [-0.2, 0) is 0 Å². The van der Waals surface area contributed by atoms with Gasteiger partial charge in [0.2, 0.25) is 0 Å². The minimum absolute atomic E-state index is 0.132. The summed E-state index contributed by atoms with van der Waals surface area (Å²) in [7, 11) is 0. The molecule has 1 aliphatic carbocycles. The van der Waals surface area contributed by atoms with Crippen LogP contribution in [0.5, 0.6) is 0 Å². The van der Waals surface area contributed by atoms with Crippen molar-refractivity contribution >= 4 is 22.8 Å². The van der Waals surface area contributed by atoms with E-state index in [1.807, 2.05) is 12.2 Å². The SMILES string of the molecule is O=[N+]([O-])c1ccc(N/N=C2/C=CCCC2)c([N+](=O)[O-])c1. The van der Waals surface area contributed by atoms with Crippen LogP contribution in [0, 0.1) is 20.2 Å². The second-order valence-electron chi connectivity index (χ2n) is 4.23. The van der Waals surface area contributed by atoms with E-state index in [-0.39, 0.29) is 17.1 Å². The standard InChI is InChI=1S/C12H12N4O4/c17-15(18)10-6-7-11(12(8-10)16(19)20)14-13-9-4-2-1-3-5-9/h2,4,6-8,14H,1,3,5H2/b13-9-. The Kier molecular flexibility index (Phi) is 4.04. The van der Waals surface area contributed by atoms with Crippen molar-refractivity contribution in [2.75, 3.05) is 5.43 Å². The lowest BCUT2D eigenvalue weighted by molar-refractivity contribution is -0.393. The molecule has 0 unspecified atom stereocenters. The number of allylic oxidation sites excluding steroid dienone is 2. The first-order chi connectivity index (χ1) is 9.58. The van der Waals surface area contributed by atoms with Crippen molar-refractivity contribution < 1.29 is 9.85 Å². The molecule has 8 nitrogen and oxygen atoms in total. The van der Waals surface area contributed by atoms with Gasteiger partial charge in [-0.25, -0.2) is 0 Å². The first-order valence-electron chi connectivity index (χ1n) is 6.00. The van der Waals surface area contributed by atoms with Gasteiger partial charge in [0.25, 0.3) is 5.69 Å². The number of hydrogen-bond acceptors (Lipinski definition) is 6. The monoisotopic (exact) mass is 276 g/mol. The molecule has 1 aromatic carbocycles. The van der Waals surface area contributed by atoms with Gasteiger partial charge in [-0.1, -0.05) is 6.08 Å². The summed E-state index contributed by atoms with van der Waals surface area (Å²) in [6.07, 6.45) is 6.61. The third-order valence-corrected chi connectivity index (χ3v) is 2.82. The average molecular weight is 276 g/mol. The molecule has 0 radical (unpaired) electrons. The number of nitro groups is 2. The number of nitrogens with one attached hydrogen (secondary N) is 1. The normalized spacial score (nSPS) is 16.1. The van der Waals surface area contributed by atoms with Crippen LogP contribution in [0.1, 0.15) is 19.3 Å². The topological polar surface area (TPSA) is 111 Å². The molecule has 0 fully saturated rings. The molecule has 0 heterocycles. The fraction of sp³-hybridized carbons (Fsp3) is 0.250. The van der Waals surface area contributed by atoms with E-state index in [1.165, 1.54) is 12.1 Å². The summed E-state index contributed by atoms with van der Waals surface area (Å²) < 4.78 is 0. The lowest BCUT2D eigenvalue weighted by atomic mass is 10.1. The Labute approximate surface area is 114 Å². The van der Waals surface area contributed by atoms with Crippen LogP contribution in [0.3, 0.4) is 0 Å². The van der Waals surface area contributed by atoms with Gasteiger partial charge in [-0.2, -0.15) is 5.10 Å².